The van der Waals surface area contributed by atoms with Gasteiger partial charge in [-0.3, -0.25) is 0 Å². The molecule has 1 rings (SSSR count). The molecule has 0 aromatic heterocycles. The molecule has 4 heteroatoms. The fourth-order valence-corrected chi connectivity index (χ4v) is 2.67. The van der Waals surface area contributed by atoms with E-state index in [1.165, 1.54) is 6.07 Å². The van der Waals surface area contributed by atoms with Gasteiger partial charge in [-0.25, -0.2) is 4.39 Å². The van der Waals surface area contributed by atoms with Crippen molar-refractivity contribution in [2.24, 2.45) is 0 Å². The van der Waals surface area contributed by atoms with Crippen LogP contribution in [-0.2, 0) is 6.61 Å². The van der Waals surface area contributed by atoms with E-state index < -0.39 is 0 Å². The lowest BCUT2D eigenvalue weighted by atomic mass is 10.1. The van der Waals surface area contributed by atoms with Crippen LogP contribution in [0.5, 0.6) is 0 Å². The number of nitrogens with zero attached hydrogens (tertiary/aromatic N) is 1. The molecule has 0 spiro atoms. The minimum absolute atomic E-state index is 0.122. The van der Waals surface area contributed by atoms with E-state index in [2.05, 4.69) is 13.2 Å². The van der Waals surface area contributed by atoms with Crippen LogP contribution in [-0.4, -0.2) is 30.2 Å². The van der Waals surface area contributed by atoms with Gasteiger partial charge in [-0.05, 0) is 30.4 Å². The summed E-state index contributed by atoms with van der Waals surface area (Å²) in [6.07, 6.45) is 3.04. The van der Waals surface area contributed by atoms with Gasteiger partial charge >= 0.3 is 0 Å². The van der Waals surface area contributed by atoms with Crippen LogP contribution >= 0.6 is 11.8 Å². The molecule has 0 heterocycles. The molecule has 17 heavy (non-hydrogen) atoms. The summed E-state index contributed by atoms with van der Waals surface area (Å²) < 4.78 is 13.9. The van der Waals surface area contributed by atoms with Gasteiger partial charge in [-0.1, -0.05) is 13.0 Å². The molecule has 1 aromatic rings. The van der Waals surface area contributed by atoms with Crippen LogP contribution < -0.4 is 4.90 Å². The predicted molar refractivity (Wildman–Crippen MR) is 73.2 cm³/mol. The van der Waals surface area contributed by atoms with Gasteiger partial charge in [0.1, 0.15) is 5.82 Å². The molecule has 96 valence electrons. The number of aliphatic hydroxyl groups is 1. The molecule has 1 atom stereocenters. The van der Waals surface area contributed by atoms with Gasteiger partial charge in [0.05, 0.1) is 12.3 Å². The summed E-state index contributed by atoms with van der Waals surface area (Å²) >= 11 is 1.77. The van der Waals surface area contributed by atoms with Crippen LogP contribution in [0, 0.1) is 5.82 Å². The summed E-state index contributed by atoms with van der Waals surface area (Å²) in [5.41, 5.74) is 1.21. The van der Waals surface area contributed by atoms with Crippen molar-refractivity contribution in [3.8, 4) is 0 Å². The van der Waals surface area contributed by atoms with Crippen molar-refractivity contribution in [3.63, 3.8) is 0 Å². The second-order valence-electron chi connectivity index (χ2n) is 4.07. The van der Waals surface area contributed by atoms with Crippen LogP contribution in [0.1, 0.15) is 18.9 Å². The first-order valence-electron chi connectivity index (χ1n) is 5.75. The summed E-state index contributed by atoms with van der Waals surface area (Å²) in [4.78, 5) is 1.98. The number of anilines is 1. The molecule has 0 fully saturated rings. The fourth-order valence-electron chi connectivity index (χ4n) is 1.83. The van der Waals surface area contributed by atoms with Gasteiger partial charge in [0, 0.05) is 18.8 Å². The lowest BCUT2D eigenvalue weighted by Gasteiger charge is -2.29. The SMILES string of the molecule is CCC(CSC)N(C)c1ccc(CO)cc1F. The average Bonchev–Trinajstić information content (AvgIpc) is 2.35. The highest BCUT2D eigenvalue weighted by Gasteiger charge is 2.16. The first kappa shape index (κ1) is 14.3. The van der Waals surface area contributed by atoms with E-state index in [-0.39, 0.29) is 12.4 Å². The normalized spacial score (nSPS) is 12.5. The maximum atomic E-state index is 13.9. The zero-order chi connectivity index (χ0) is 12.8. The van der Waals surface area contributed by atoms with Crippen molar-refractivity contribution >= 4 is 17.4 Å². The molecule has 0 aliphatic rings. The third kappa shape index (κ3) is 3.61. The number of thioether (sulfide) groups is 1. The summed E-state index contributed by atoms with van der Waals surface area (Å²) in [5.74, 6) is 0.715. The quantitative estimate of drug-likeness (QED) is 0.847. The minimum Gasteiger partial charge on any atom is -0.392 e. The van der Waals surface area contributed by atoms with Gasteiger partial charge in [-0.15, -0.1) is 0 Å². The molecule has 0 saturated heterocycles. The van der Waals surface area contributed by atoms with E-state index in [4.69, 9.17) is 5.11 Å². The van der Waals surface area contributed by atoms with E-state index in [0.717, 1.165) is 12.2 Å². The second kappa shape index (κ2) is 6.87. The maximum Gasteiger partial charge on any atom is 0.146 e. The molecule has 0 aliphatic heterocycles. The third-order valence-electron chi connectivity index (χ3n) is 2.95. The summed E-state index contributed by atoms with van der Waals surface area (Å²) in [7, 11) is 1.92. The predicted octanol–water partition coefficient (Wildman–Crippen LogP) is 2.90. The Morgan fingerprint density at radius 1 is 1.47 bits per heavy atom. The van der Waals surface area contributed by atoms with E-state index in [0.29, 0.717) is 17.3 Å². The molecule has 0 radical (unpaired) electrons. The lowest BCUT2D eigenvalue weighted by Crippen LogP contribution is -2.33. The van der Waals surface area contributed by atoms with Gasteiger partial charge in [0.15, 0.2) is 0 Å². The topological polar surface area (TPSA) is 23.5 Å². The molecule has 1 aromatic carbocycles. The highest BCUT2D eigenvalue weighted by atomic mass is 32.2. The van der Waals surface area contributed by atoms with Crippen LogP contribution in [0.15, 0.2) is 18.2 Å². The van der Waals surface area contributed by atoms with Gasteiger partial charge in [-0.2, -0.15) is 11.8 Å². The number of halogens is 1. The Morgan fingerprint density at radius 2 is 2.18 bits per heavy atom. The second-order valence-corrected chi connectivity index (χ2v) is 4.98. The molecule has 0 amide bonds. The van der Waals surface area contributed by atoms with Crippen molar-refractivity contribution in [2.75, 3.05) is 24.0 Å². The number of aliphatic hydroxyl groups excluding tert-OH is 1. The molecular formula is C13H20FNOS. The maximum absolute atomic E-state index is 13.9. The number of hydrogen-bond donors (Lipinski definition) is 1. The lowest BCUT2D eigenvalue weighted by molar-refractivity contribution is 0.281. The van der Waals surface area contributed by atoms with Crippen LogP contribution in [0.25, 0.3) is 0 Å². The monoisotopic (exact) mass is 257 g/mol. The summed E-state index contributed by atoms with van der Waals surface area (Å²) in [6, 6.07) is 5.24. The van der Waals surface area contributed by atoms with Crippen molar-refractivity contribution in [1.82, 2.24) is 0 Å². The Bertz CT molecular complexity index is 359. The largest absolute Gasteiger partial charge is 0.392 e. The van der Waals surface area contributed by atoms with Gasteiger partial charge in [0.2, 0.25) is 0 Å². The van der Waals surface area contributed by atoms with E-state index >= 15 is 0 Å². The smallest absolute Gasteiger partial charge is 0.146 e. The summed E-state index contributed by atoms with van der Waals surface area (Å²) in [6.45, 7) is 1.99. The highest BCUT2D eigenvalue weighted by Crippen LogP contribution is 2.23. The first-order chi connectivity index (χ1) is 8.13. The molecule has 0 saturated carbocycles. The zero-order valence-corrected chi connectivity index (χ0v) is 11.4. The molecular weight excluding hydrogens is 237 g/mol. The standard InChI is InChI=1S/C13H20FNOS/c1-4-11(9-17-3)15(2)13-6-5-10(8-16)7-12(13)14/h5-7,11,16H,4,8-9H2,1-3H3. The Labute approximate surface area is 107 Å². The molecule has 1 unspecified atom stereocenters. The first-order valence-corrected chi connectivity index (χ1v) is 7.14. The molecule has 2 nitrogen and oxygen atoms in total. The highest BCUT2D eigenvalue weighted by molar-refractivity contribution is 7.98. The van der Waals surface area contributed by atoms with E-state index in [9.17, 15) is 4.39 Å². The Hall–Kier alpha value is -0.740. The zero-order valence-electron chi connectivity index (χ0n) is 10.6. The van der Waals surface area contributed by atoms with Crippen LogP contribution in [0.4, 0.5) is 10.1 Å². The van der Waals surface area contributed by atoms with E-state index in [1.807, 2.05) is 11.9 Å². The average molecular weight is 257 g/mol. The fraction of sp³-hybridized carbons (Fsp3) is 0.538. The van der Waals surface area contributed by atoms with Crippen molar-refractivity contribution < 1.29 is 9.50 Å². The Balaban J connectivity index is 2.90. The van der Waals surface area contributed by atoms with Gasteiger partial charge < -0.3 is 10.0 Å². The third-order valence-corrected chi connectivity index (χ3v) is 3.67. The number of hydrogen-bond acceptors (Lipinski definition) is 3. The molecule has 1 N–H and O–H groups in total. The number of rotatable bonds is 6. The van der Waals surface area contributed by atoms with E-state index in [1.54, 1.807) is 23.9 Å². The van der Waals surface area contributed by atoms with Crippen molar-refractivity contribution in [2.45, 2.75) is 26.0 Å². The molecule has 0 bridgehead atoms. The number of benzene rings is 1. The van der Waals surface area contributed by atoms with Crippen molar-refractivity contribution in [1.29, 1.82) is 0 Å². The van der Waals surface area contributed by atoms with Crippen LogP contribution in [0.2, 0.25) is 0 Å². The van der Waals surface area contributed by atoms with Crippen LogP contribution in [0.3, 0.4) is 0 Å². The minimum atomic E-state index is -0.265. The molecule has 0 aliphatic carbocycles. The summed E-state index contributed by atoms with van der Waals surface area (Å²) in [5, 5.41) is 8.95. The Morgan fingerprint density at radius 3 is 2.65 bits per heavy atom. The van der Waals surface area contributed by atoms with Gasteiger partial charge in [0.25, 0.3) is 0 Å². The Kier molecular flexibility index (Phi) is 5.78. The van der Waals surface area contributed by atoms with Crippen molar-refractivity contribution in [3.05, 3.63) is 29.6 Å².